The number of aryl methyl sites for hydroxylation is 1. The van der Waals surface area contributed by atoms with Crippen LogP contribution in [0.1, 0.15) is 39.8 Å². The molecular weight excluding hydrogens is 342 g/mol. The topological polar surface area (TPSA) is 72.7 Å². The Labute approximate surface area is 147 Å². The van der Waals surface area contributed by atoms with Gasteiger partial charge in [-0.25, -0.2) is 0 Å². The van der Waals surface area contributed by atoms with E-state index in [9.17, 15) is 4.79 Å². The number of carbonyl (C=O) groups excluding carboxylic acids is 1. The lowest BCUT2D eigenvalue weighted by Gasteiger charge is -2.07. The van der Waals surface area contributed by atoms with Crippen LogP contribution in [0.4, 0.5) is 0 Å². The second-order valence-electron chi connectivity index (χ2n) is 5.91. The number of carbonyl (C=O) groups is 1. The van der Waals surface area contributed by atoms with Gasteiger partial charge < -0.3 is 5.32 Å². The summed E-state index contributed by atoms with van der Waals surface area (Å²) in [6.07, 6.45) is 2.46. The predicted molar refractivity (Wildman–Crippen MR) is 94.5 cm³/mol. The number of hydrogen-bond donors (Lipinski definition) is 1. The molecule has 8 heteroatoms. The lowest BCUT2D eigenvalue weighted by atomic mass is 10.2. The van der Waals surface area contributed by atoms with Crippen molar-refractivity contribution in [1.82, 2.24) is 24.7 Å². The summed E-state index contributed by atoms with van der Waals surface area (Å²) in [6, 6.07) is 4.29. The van der Waals surface area contributed by atoms with Crippen LogP contribution in [0, 0.1) is 6.92 Å². The van der Waals surface area contributed by atoms with E-state index >= 15 is 0 Å². The van der Waals surface area contributed by atoms with Crippen molar-refractivity contribution in [3.8, 4) is 11.3 Å². The molecule has 0 aromatic carbocycles. The number of hydrogen-bond acceptors (Lipinski definition) is 6. The molecule has 0 radical (unpaired) electrons. The fraction of sp³-hybridized carbons (Fsp3) is 0.375. The van der Waals surface area contributed by atoms with Crippen LogP contribution in [-0.2, 0) is 6.54 Å². The van der Waals surface area contributed by atoms with Gasteiger partial charge in [0.2, 0.25) is 0 Å². The molecule has 1 saturated carbocycles. The third kappa shape index (κ3) is 3.11. The monoisotopic (exact) mass is 359 g/mol. The molecule has 1 fully saturated rings. The van der Waals surface area contributed by atoms with Gasteiger partial charge in [-0.1, -0.05) is 4.49 Å². The number of thiophene rings is 1. The third-order valence-corrected chi connectivity index (χ3v) is 5.60. The Morgan fingerprint density at radius 1 is 1.46 bits per heavy atom. The minimum absolute atomic E-state index is 0.110. The van der Waals surface area contributed by atoms with Crippen LogP contribution in [0.15, 0.2) is 22.9 Å². The normalized spacial score (nSPS) is 14.0. The van der Waals surface area contributed by atoms with Gasteiger partial charge in [0, 0.05) is 29.1 Å². The SMILES string of the molecule is Cc1nnsc1C(=O)NCCn1nc(-c2ccsc2)cc1C1CC1. The van der Waals surface area contributed by atoms with Crippen molar-refractivity contribution in [3.63, 3.8) is 0 Å². The van der Waals surface area contributed by atoms with Gasteiger partial charge in [0.05, 0.1) is 17.9 Å². The van der Waals surface area contributed by atoms with Crippen molar-refractivity contribution in [2.24, 2.45) is 0 Å². The molecule has 0 saturated heterocycles. The molecule has 4 rings (SSSR count). The molecule has 0 atom stereocenters. The molecule has 1 amide bonds. The van der Waals surface area contributed by atoms with E-state index in [2.05, 4.69) is 37.8 Å². The molecule has 0 unspecified atom stereocenters. The van der Waals surface area contributed by atoms with Gasteiger partial charge in [-0.05, 0) is 48.8 Å². The average molecular weight is 359 g/mol. The van der Waals surface area contributed by atoms with Gasteiger partial charge in [0.1, 0.15) is 4.88 Å². The zero-order chi connectivity index (χ0) is 16.5. The van der Waals surface area contributed by atoms with E-state index in [4.69, 9.17) is 5.10 Å². The summed E-state index contributed by atoms with van der Waals surface area (Å²) < 4.78 is 5.85. The highest BCUT2D eigenvalue weighted by molar-refractivity contribution is 7.08. The maximum absolute atomic E-state index is 12.1. The van der Waals surface area contributed by atoms with Crippen molar-refractivity contribution in [2.45, 2.75) is 32.2 Å². The van der Waals surface area contributed by atoms with E-state index in [-0.39, 0.29) is 5.91 Å². The Hall–Kier alpha value is -2.06. The van der Waals surface area contributed by atoms with Gasteiger partial charge in [-0.2, -0.15) is 16.4 Å². The Morgan fingerprint density at radius 2 is 2.33 bits per heavy atom. The van der Waals surface area contributed by atoms with Gasteiger partial charge in [0.15, 0.2) is 0 Å². The van der Waals surface area contributed by atoms with Crippen molar-refractivity contribution in [3.05, 3.63) is 39.2 Å². The van der Waals surface area contributed by atoms with Crippen molar-refractivity contribution < 1.29 is 4.79 Å². The number of nitrogens with zero attached hydrogens (tertiary/aromatic N) is 4. The van der Waals surface area contributed by atoms with Crippen molar-refractivity contribution in [2.75, 3.05) is 6.54 Å². The fourth-order valence-corrected chi connectivity index (χ4v) is 3.89. The lowest BCUT2D eigenvalue weighted by molar-refractivity contribution is 0.0955. The Bertz CT molecular complexity index is 848. The van der Waals surface area contributed by atoms with E-state index in [1.165, 1.54) is 18.5 Å². The van der Waals surface area contributed by atoms with Gasteiger partial charge in [0.25, 0.3) is 5.91 Å². The first kappa shape index (κ1) is 15.5. The highest BCUT2D eigenvalue weighted by Gasteiger charge is 2.28. The summed E-state index contributed by atoms with van der Waals surface area (Å²) in [5.74, 6) is 0.509. The molecule has 3 aromatic heterocycles. The van der Waals surface area contributed by atoms with E-state index in [0.29, 0.717) is 29.6 Å². The predicted octanol–water partition coefficient (Wildman–Crippen LogP) is 3.08. The van der Waals surface area contributed by atoms with Crippen molar-refractivity contribution >= 4 is 28.8 Å². The zero-order valence-electron chi connectivity index (χ0n) is 13.2. The number of aromatic nitrogens is 4. The average Bonchev–Trinajstić information content (AvgIpc) is 2.99. The molecule has 124 valence electrons. The molecule has 1 aliphatic carbocycles. The summed E-state index contributed by atoms with van der Waals surface area (Å²) >= 11 is 2.81. The second-order valence-corrected chi connectivity index (χ2v) is 7.44. The summed E-state index contributed by atoms with van der Waals surface area (Å²) in [5, 5.41) is 15.7. The highest BCUT2D eigenvalue weighted by Crippen LogP contribution is 2.41. The third-order valence-electron chi connectivity index (χ3n) is 4.09. The zero-order valence-corrected chi connectivity index (χ0v) is 14.9. The smallest absolute Gasteiger partial charge is 0.265 e. The minimum Gasteiger partial charge on any atom is -0.349 e. The van der Waals surface area contributed by atoms with Gasteiger partial charge in [-0.15, -0.1) is 5.10 Å². The first-order chi connectivity index (χ1) is 11.7. The van der Waals surface area contributed by atoms with Crippen LogP contribution >= 0.6 is 22.9 Å². The maximum Gasteiger partial charge on any atom is 0.265 e. The largest absolute Gasteiger partial charge is 0.349 e. The highest BCUT2D eigenvalue weighted by atomic mass is 32.1. The molecule has 3 heterocycles. The summed E-state index contributed by atoms with van der Waals surface area (Å²) in [4.78, 5) is 12.7. The first-order valence-electron chi connectivity index (χ1n) is 7.90. The molecular formula is C16H17N5OS2. The molecule has 1 aliphatic rings. The Balaban J connectivity index is 1.44. The number of nitrogens with one attached hydrogen (secondary N) is 1. The molecule has 6 nitrogen and oxygen atoms in total. The fourth-order valence-electron chi connectivity index (χ4n) is 2.66. The maximum atomic E-state index is 12.1. The molecule has 24 heavy (non-hydrogen) atoms. The number of rotatable bonds is 6. The minimum atomic E-state index is -0.110. The van der Waals surface area contributed by atoms with Crippen molar-refractivity contribution in [1.29, 1.82) is 0 Å². The molecule has 1 N–H and O–H groups in total. The molecule has 0 spiro atoms. The van der Waals surface area contributed by atoms with E-state index in [1.54, 1.807) is 18.3 Å². The van der Waals surface area contributed by atoms with Crippen LogP contribution < -0.4 is 5.32 Å². The van der Waals surface area contributed by atoms with Crippen LogP contribution in [-0.4, -0.2) is 31.8 Å². The molecule has 3 aromatic rings. The van der Waals surface area contributed by atoms with Crippen LogP contribution in [0.3, 0.4) is 0 Å². The first-order valence-corrected chi connectivity index (χ1v) is 9.61. The Kier molecular flexibility index (Phi) is 4.15. The van der Waals surface area contributed by atoms with Crippen LogP contribution in [0.2, 0.25) is 0 Å². The van der Waals surface area contributed by atoms with E-state index in [0.717, 1.165) is 22.8 Å². The van der Waals surface area contributed by atoms with E-state index < -0.39 is 0 Å². The van der Waals surface area contributed by atoms with Gasteiger partial charge in [-0.3, -0.25) is 9.48 Å². The van der Waals surface area contributed by atoms with Gasteiger partial charge >= 0.3 is 0 Å². The van der Waals surface area contributed by atoms with E-state index in [1.807, 2.05) is 4.68 Å². The molecule has 0 bridgehead atoms. The number of amides is 1. The summed E-state index contributed by atoms with van der Waals surface area (Å²) in [5.41, 5.74) is 4.14. The molecule has 0 aliphatic heterocycles. The van der Waals surface area contributed by atoms with Crippen LogP contribution in [0.5, 0.6) is 0 Å². The quantitative estimate of drug-likeness (QED) is 0.734. The Morgan fingerprint density at radius 3 is 3.00 bits per heavy atom. The standard InChI is InChI=1S/C16H17N5OS2/c1-10-15(24-20-18-10)16(22)17-5-6-21-14(11-2-3-11)8-13(19-21)12-4-7-23-9-12/h4,7-9,11H,2-3,5-6H2,1H3,(H,17,22). The summed E-state index contributed by atoms with van der Waals surface area (Å²) in [6.45, 7) is 3.01. The van der Waals surface area contributed by atoms with Crippen LogP contribution in [0.25, 0.3) is 11.3 Å². The lowest BCUT2D eigenvalue weighted by Crippen LogP contribution is -2.27. The second kappa shape index (κ2) is 6.45. The summed E-state index contributed by atoms with van der Waals surface area (Å²) in [7, 11) is 0.